The Labute approximate surface area is 112 Å². The highest BCUT2D eigenvalue weighted by Gasteiger charge is 2.32. The average molecular weight is 286 g/mol. The van der Waals surface area contributed by atoms with Crippen molar-refractivity contribution in [1.29, 1.82) is 0 Å². The topological polar surface area (TPSA) is 112 Å². The van der Waals surface area contributed by atoms with Crippen molar-refractivity contribution in [3.63, 3.8) is 0 Å². The number of benzene rings is 1. The molecule has 0 aliphatic carbocycles. The SMILES string of the molecule is CCOc1ccc(N)c(S(=O)(=O)C(CC)C(N)=O)c1. The van der Waals surface area contributed by atoms with Gasteiger partial charge >= 0.3 is 0 Å². The van der Waals surface area contributed by atoms with Crippen molar-refractivity contribution in [2.24, 2.45) is 5.73 Å². The average Bonchev–Trinajstić information content (AvgIpc) is 2.31. The quantitative estimate of drug-likeness (QED) is 0.748. The highest BCUT2D eigenvalue weighted by atomic mass is 32.2. The smallest absolute Gasteiger partial charge is 0.236 e. The molecule has 0 aromatic heterocycles. The molecule has 0 heterocycles. The lowest BCUT2D eigenvalue weighted by molar-refractivity contribution is -0.117. The summed E-state index contributed by atoms with van der Waals surface area (Å²) in [5.74, 6) is -0.502. The van der Waals surface area contributed by atoms with E-state index in [1.54, 1.807) is 19.9 Å². The number of ether oxygens (including phenoxy) is 1. The second kappa shape index (κ2) is 5.92. The summed E-state index contributed by atoms with van der Waals surface area (Å²) in [5.41, 5.74) is 10.9. The van der Waals surface area contributed by atoms with E-state index in [9.17, 15) is 13.2 Å². The monoisotopic (exact) mass is 286 g/mol. The van der Waals surface area contributed by atoms with Crippen molar-refractivity contribution in [3.05, 3.63) is 18.2 Å². The highest BCUT2D eigenvalue weighted by molar-refractivity contribution is 7.93. The van der Waals surface area contributed by atoms with Gasteiger partial charge in [-0.3, -0.25) is 4.79 Å². The zero-order chi connectivity index (χ0) is 14.6. The Balaban J connectivity index is 3.34. The number of sulfone groups is 1. The molecule has 1 aromatic rings. The van der Waals surface area contributed by atoms with Crippen LogP contribution in [0.1, 0.15) is 20.3 Å². The van der Waals surface area contributed by atoms with Crippen LogP contribution < -0.4 is 16.2 Å². The zero-order valence-corrected chi connectivity index (χ0v) is 11.7. The Hall–Kier alpha value is -1.76. The van der Waals surface area contributed by atoms with Crippen LogP contribution in [0.2, 0.25) is 0 Å². The highest BCUT2D eigenvalue weighted by Crippen LogP contribution is 2.28. The van der Waals surface area contributed by atoms with Gasteiger partial charge in [-0.2, -0.15) is 0 Å². The molecule has 1 aromatic carbocycles. The Kier molecular flexibility index (Phi) is 4.77. The number of rotatable bonds is 6. The summed E-state index contributed by atoms with van der Waals surface area (Å²) in [7, 11) is -3.90. The maximum atomic E-state index is 12.3. The van der Waals surface area contributed by atoms with E-state index in [-0.39, 0.29) is 17.0 Å². The molecule has 0 saturated carbocycles. The molecule has 1 atom stereocenters. The number of amides is 1. The van der Waals surface area contributed by atoms with E-state index in [1.807, 2.05) is 0 Å². The third kappa shape index (κ3) is 3.17. The molecule has 19 heavy (non-hydrogen) atoms. The molecule has 0 bridgehead atoms. The van der Waals surface area contributed by atoms with Crippen LogP contribution in [0.25, 0.3) is 0 Å². The fourth-order valence-electron chi connectivity index (χ4n) is 1.74. The summed E-state index contributed by atoms with van der Waals surface area (Å²) in [5, 5.41) is -1.29. The van der Waals surface area contributed by atoms with Gasteiger partial charge in [0.15, 0.2) is 9.84 Å². The number of anilines is 1. The van der Waals surface area contributed by atoms with Gasteiger partial charge in [0, 0.05) is 6.07 Å². The normalized spacial score (nSPS) is 12.9. The van der Waals surface area contributed by atoms with Crippen LogP contribution >= 0.6 is 0 Å². The van der Waals surface area contributed by atoms with E-state index in [0.29, 0.717) is 12.4 Å². The molecule has 0 saturated heterocycles. The first-order valence-electron chi connectivity index (χ1n) is 5.90. The summed E-state index contributed by atoms with van der Waals surface area (Å²) in [6.45, 7) is 3.76. The minimum Gasteiger partial charge on any atom is -0.494 e. The van der Waals surface area contributed by atoms with Crippen LogP contribution in [0.3, 0.4) is 0 Å². The van der Waals surface area contributed by atoms with Gasteiger partial charge in [0.2, 0.25) is 5.91 Å². The van der Waals surface area contributed by atoms with E-state index in [4.69, 9.17) is 16.2 Å². The predicted molar refractivity (Wildman–Crippen MR) is 72.5 cm³/mol. The van der Waals surface area contributed by atoms with Crippen LogP contribution in [0, 0.1) is 0 Å². The van der Waals surface area contributed by atoms with Crippen molar-refractivity contribution in [2.45, 2.75) is 30.4 Å². The molecule has 7 heteroatoms. The molecule has 1 amide bonds. The first kappa shape index (κ1) is 15.3. The number of nitrogen functional groups attached to an aromatic ring is 1. The van der Waals surface area contributed by atoms with Crippen LogP contribution in [0.5, 0.6) is 5.75 Å². The number of hydrogen-bond acceptors (Lipinski definition) is 5. The molecule has 0 fully saturated rings. The fraction of sp³-hybridized carbons (Fsp3) is 0.417. The minimum atomic E-state index is -3.90. The summed E-state index contributed by atoms with van der Waals surface area (Å²) in [6.07, 6.45) is 0.0932. The predicted octanol–water partition coefficient (Wildman–Crippen LogP) is 0.705. The number of nitrogens with two attached hydrogens (primary N) is 2. The summed E-state index contributed by atoms with van der Waals surface area (Å²) in [4.78, 5) is 11.1. The van der Waals surface area contributed by atoms with Crippen LogP contribution in [-0.4, -0.2) is 26.2 Å². The first-order valence-corrected chi connectivity index (χ1v) is 7.44. The van der Waals surface area contributed by atoms with E-state index >= 15 is 0 Å². The molecule has 0 aliphatic heterocycles. The van der Waals surface area contributed by atoms with Gasteiger partial charge in [0.25, 0.3) is 0 Å². The summed E-state index contributed by atoms with van der Waals surface area (Å²) < 4.78 is 29.9. The molecule has 0 radical (unpaired) electrons. The summed E-state index contributed by atoms with van der Waals surface area (Å²) in [6, 6.07) is 4.33. The number of hydrogen-bond donors (Lipinski definition) is 2. The number of carbonyl (C=O) groups is 1. The maximum absolute atomic E-state index is 12.3. The summed E-state index contributed by atoms with van der Waals surface area (Å²) >= 11 is 0. The van der Waals surface area contributed by atoms with Crippen molar-refractivity contribution >= 4 is 21.4 Å². The Morgan fingerprint density at radius 1 is 1.37 bits per heavy atom. The number of carbonyl (C=O) groups excluding carboxylic acids is 1. The second-order valence-electron chi connectivity index (χ2n) is 3.98. The largest absolute Gasteiger partial charge is 0.494 e. The molecule has 0 spiro atoms. The zero-order valence-electron chi connectivity index (χ0n) is 10.9. The first-order chi connectivity index (χ1) is 8.84. The molecule has 6 nitrogen and oxygen atoms in total. The Morgan fingerprint density at radius 2 is 2.00 bits per heavy atom. The van der Waals surface area contributed by atoms with Gasteiger partial charge in [-0.15, -0.1) is 0 Å². The molecular formula is C12H18N2O4S. The van der Waals surface area contributed by atoms with Crippen molar-refractivity contribution in [2.75, 3.05) is 12.3 Å². The Morgan fingerprint density at radius 3 is 2.47 bits per heavy atom. The number of primary amides is 1. The van der Waals surface area contributed by atoms with Gasteiger partial charge in [0.05, 0.1) is 17.2 Å². The van der Waals surface area contributed by atoms with Crippen molar-refractivity contribution in [1.82, 2.24) is 0 Å². The molecule has 106 valence electrons. The molecule has 1 rings (SSSR count). The van der Waals surface area contributed by atoms with E-state index in [0.717, 1.165) is 0 Å². The third-order valence-electron chi connectivity index (χ3n) is 2.67. The van der Waals surface area contributed by atoms with E-state index in [2.05, 4.69) is 0 Å². The Bertz CT molecular complexity index is 569. The van der Waals surface area contributed by atoms with Crippen molar-refractivity contribution in [3.8, 4) is 5.75 Å². The van der Waals surface area contributed by atoms with Gasteiger partial charge in [-0.05, 0) is 25.5 Å². The van der Waals surface area contributed by atoms with Gasteiger partial charge in [-0.1, -0.05) is 6.92 Å². The molecular weight excluding hydrogens is 268 g/mol. The minimum absolute atomic E-state index is 0.0724. The van der Waals surface area contributed by atoms with Crippen LogP contribution in [-0.2, 0) is 14.6 Å². The lowest BCUT2D eigenvalue weighted by atomic mass is 10.3. The fourth-order valence-corrected chi connectivity index (χ4v) is 3.47. The van der Waals surface area contributed by atoms with Gasteiger partial charge in [-0.25, -0.2) is 8.42 Å². The lowest BCUT2D eigenvalue weighted by Crippen LogP contribution is -2.35. The van der Waals surface area contributed by atoms with Gasteiger partial charge < -0.3 is 16.2 Å². The van der Waals surface area contributed by atoms with E-state index < -0.39 is 21.0 Å². The molecule has 1 unspecified atom stereocenters. The van der Waals surface area contributed by atoms with Crippen molar-refractivity contribution < 1.29 is 17.9 Å². The standard InChI is InChI=1S/C12H18N2O4S/c1-3-10(12(14)15)19(16,17)11-7-8(18-4-2)5-6-9(11)13/h5-7,10H,3-4,13H2,1-2H3,(H2,14,15). The van der Waals surface area contributed by atoms with Gasteiger partial charge in [0.1, 0.15) is 11.0 Å². The van der Waals surface area contributed by atoms with Crippen LogP contribution in [0.15, 0.2) is 23.1 Å². The maximum Gasteiger partial charge on any atom is 0.236 e. The van der Waals surface area contributed by atoms with Crippen LogP contribution in [0.4, 0.5) is 5.69 Å². The van der Waals surface area contributed by atoms with E-state index in [1.165, 1.54) is 12.1 Å². The lowest BCUT2D eigenvalue weighted by Gasteiger charge is -2.15. The third-order valence-corrected chi connectivity index (χ3v) is 4.95. The second-order valence-corrected chi connectivity index (χ2v) is 6.08. The molecule has 4 N–H and O–H groups in total. The molecule has 0 aliphatic rings.